The van der Waals surface area contributed by atoms with Crippen molar-refractivity contribution >= 4 is 33.4 Å². The number of benzene rings is 1. The van der Waals surface area contributed by atoms with Gasteiger partial charge in [0.25, 0.3) is 5.91 Å². The van der Waals surface area contributed by atoms with Crippen molar-refractivity contribution in [2.75, 3.05) is 0 Å². The van der Waals surface area contributed by atoms with Crippen LogP contribution in [-0.2, 0) is 6.54 Å². The van der Waals surface area contributed by atoms with Crippen LogP contribution < -0.4 is 5.32 Å². The third-order valence-electron chi connectivity index (χ3n) is 2.36. The Labute approximate surface area is 118 Å². The highest BCUT2D eigenvalue weighted by Gasteiger charge is 2.10. The maximum atomic E-state index is 12.0. The number of amides is 1. The number of nitrogens with zero attached hydrogens (tertiary/aromatic N) is 1. The molecule has 1 amide bonds. The smallest absolute Gasteiger partial charge is 0.252 e. The zero-order valence-corrected chi connectivity index (χ0v) is 11.7. The van der Waals surface area contributed by atoms with E-state index in [1.54, 1.807) is 0 Å². The number of halogens is 2. The van der Waals surface area contributed by atoms with Crippen LogP contribution in [0.15, 0.2) is 47.1 Å². The normalized spacial score (nSPS) is 10.1. The van der Waals surface area contributed by atoms with Gasteiger partial charge in [0.05, 0.1) is 5.56 Å². The van der Waals surface area contributed by atoms with Crippen molar-refractivity contribution in [2.45, 2.75) is 6.54 Å². The molecule has 0 atom stereocenters. The van der Waals surface area contributed by atoms with Crippen molar-refractivity contribution < 1.29 is 4.79 Å². The predicted octanol–water partition coefficient (Wildman–Crippen LogP) is 3.43. The second-order valence-corrected chi connectivity index (χ2v) is 4.90. The fraction of sp³-hybridized carbons (Fsp3) is 0.0769. The minimum Gasteiger partial charge on any atom is -0.348 e. The van der Waals surface area contributed by atoms with E-state index < -0.39 is 0 Å². The predicted molar refractivity (Wildman–Crippen MR) is 74.6 cm³/mol. The Morgan fingerprint density at radius 1 is 1.33 bits per heavy atom. The van der Waals surface area contributed by atoms with E-state index in [0.717, 1.165) is 5.56 Å². The van der Waals surface area contributed by atoms with E-state index in [9.17, 15) is 4.79 Å². The van der Waals surface area contributed by atoms with Gasteiger partial charge < -0.3 is 5.32 Å². The van der Waals surface area contributed by atoms with Gasteiger partial charge in [0.2, 0.25) is 0 Å². The molecule has 0 aliphatic carbocycles. The van der Waals surface area contributed by atoms with Crippen LogP contribution in [0.3, 0.4) is 0 Å². The van der Waals surface area contributed by atoms with Gasteiger partial charge in [-0.15, -0.1) is 0 Å². The number of hydrogen-bond acceptors (Lipinski definition) is 2. The van der Waals surface area contributed by atoms with Crippen LogP contribution in [0.25, 0.3) is 0 Å². The summed E-state index contributed by atoms with van der Waals surface area (Å²) in [5.74, 6) is -0.185. The summed E-state index contributed by atoms with van der Waals surface area (Å²) in [6.45, 7) is 0.478. The molecule has 5 heteroatoms. The molecule has 2 rings (SSSR count). The molecular formula is C13H10BrClN2O. The van der Waals surface area contributed by atoms with Crippen molar-refractivity contribution in [1.29, 1.82) is 0 Å². The summed E-state index contributed by atoms with van der Waals surface area (Å²) in [4.78, 5) is 15.8. The molecule has 0 fully saturated rings. The maximum Gasteiger partial charge on any atom is 0.252 e. The summed E-state index contributed by atoms with van der Waals surface area (Å²) in [5, 5.41) is 3.12. The highest BCUT2D eigenvalue weighted by molar-refractivity contribution is 9.10. The fourth-order valence-electron chi connectivity index (χ4n) is 1.46. The van der Waals surface area contributed by atoms with Gasteiger partial charge in [-0.25, -0.2) is 4.98 Å². The van der Waals surface area contributed by atoms with Crippen LogP contribution >= 0.6 is 27.5 Å². The first-order valence-corrected chi connectivity index (χ1v) is 6.47. The zero-order chi connectivity index (χ0) is 13.0. The van der Waals surface area contributed by atoms with E-state index in [1.165, 1.54) is 12.3 Å². The van der Waals surface area contributed by atoms with Crippen LogP contribution in [0.2, 0.25) is 5.15 Å². The summed E-state index contributed by atoms with van der Waals surface area (Å²) >= 11 is 9.04. The summed E-state index contributed by atoms with van der Waals surface area (Å²) in [5.41, 5.74) is 1.52. The number of hydrogen-bond donors (Lipinski definition) is 1. The van der Waals surface area contributed by atoms with E-state index in [0.29, 0.717) is 21.7 Å². The van der Waals surface area contributed by atoms with E-state index >= 15 is 0 Å². The van der Waals surface area contributed by atoms with E-state index in [4.69, 9.17) is 11.6 Å². The molecule has 0 spiro atoms. The number of pyridine rings is 1. The Hall–Kier alpha value is -1.39. The van der Waals surface area contributed by atoms with Crippen LogP contribution in [0, 0.1) is 0 Å². The summed E-state index contributed by atoms with van der Waals surface area (Å²) in [6, 6.07) is 11.2. The molecule has 18 heavy (non-hydrogen) atoms. The maximum absolute atomic E-state index is 12.0. The molecule has 1 aromatic carbocycles. The third-order valence-corrected chi connectivity index (χ3v) is 3.20. The molecule has 3 nitrogen and oxygen atoms in total. The van der Waals surface area contributed by atoms with Crippen molar-refractivity contribution in [3.63, 3.8) is 0 Å². The minimum atomic E-state index is -0.185. The first kappa shape index (κ1) is 13.1. The largest absolute Gasteiger partial charge is 0.348 e. The van der Waals surface area contributed by atoms with Crippen LogP contribution in [0.4, 0.5) is 0 Å². The first-order valence-electron chi connectivity index (χ1n) is 5.30. The molecule has 2 aromatic rings. The fourth-order valence-corrected chi connectivity index (χ4v) is 2.02. The van der Waals surface area contributed by atoms with Crippen molar-refractivity contribution in [3.8, 4) is 0 Å². The van der Waals surface area contributed by atoms with Gasteiger partial charge in [0.15, 0.2) is 0 Å². The van der Waals surface area contributed by atoms with Crippen molar-refractivity contribution in [3.05, 3.63) is 63.3 Å². The highest BCUT2D eigenvalue weighted by atomic mass is 79.9. The monoisotopic (exact) mass is 324 g/mol. The summed E-state index contributed by atoms with van der Waals surface area (Å²) < 4.78 is 0.623. The van der Waals surface area contributed by atoms with Crippen LogP contribution in [-0.4, -0.2) is 10.9 Å². The quantitative estimate of drug-likeness (QED) is 0.879. The molecule has 0 aliphatic rings. The first-order chi connectivity index (χ1) is 8.66. The summed E-state index contributed by atoms with van der Waals surface area (Å²) in [7, 11) is 0. The van der Waals surface area contributed by atoms with Gasteiger partial charge in [-0.2, -0.15) is 0 Å². The lowest BCUT2D eigenvalue weighted by molar-refractivity contribution is 0.0950. The Morgan fingerprint density at radius 3 is 2.78 bits per heavy atom. The second-order valence-electron chi connectivity index (χ2n) is 3.66. The third kappa shape index (κ3) is 3.31. The molecule has 1 N–H and O–H groups in total. The number of aromatic nitrogens is 1. The average Bonchev–Trinajstić information content (AvgIpc) is 2.40. The summed E-state index contributed by atoms with van der Waals surface area (Å²) in [6.07, 6.45) is 1.51. The van der Waals surface area contributed by atoms with E-state index in [1.807, 2.05) is 30.3 Å². The lowest BCUT2D eigenvalue weighted by Crippen LogP contribution is -2.23. The molecule has 0 bridgehead atoms. The van der Waals surface area contributed by atoms with Gasteiger partial charge in [-0.1, -0.05) is 41.9 Å². The number of carbonyl (C=O) groups is 1. The second kappa shape index (κ2) is 5.98. The number of carbonyl (C=O) groups excluding carboxylic acids is 1. The molecule has 0 aliphatic heterocycles. The molecule has 0 saturated carbocycles. The number of nitrogens with one attached hydrogen (secondary N) is 1. The Morgan fingerprint density at radius 2 is 2.06 bits per heavy atom. The van der Waals surface area contributed by atoms with Crippen LogP contribution in [0.1, 0.15) is 15.9 Å². The molecule has 0 unspecified atom stereocenters. The Bertz CT molecular complexity index is 560. The highest BCUT2D eigenvalue weighted by Crippen LogP contribution is 2.18. The van der Waals surface area contributed by atoms with Gasteiger partial charge in [0, 0.05) is 17.2 Å². The zero-order valence-electron chi connectivity index (χ0n) is 9.36. The van der Waals surface area contributed by atoms with E-state index in [-0.39, 0.29) is 5.91 Å². The standard InChI is InChI=1S/C13H10BrClN2O/c14-11-8-16-12(15)6-10(11)13(18)17-7-9-4-2-1-3-5-9/h1-6,8H,7H2,(H,17,18). The van der Waals surface area contributed by atoms with E-state index in [2.05, 4.69) is 26.2 Å². The molecule has 92 valence electrons. The molecule has 0 radical (unpaired) electrons. The SMILES string of the molecule is O=C(NCc1ccccc1)c1cc(Cl)ncc1Br. The Balaban J connectivity index is 2.06. The average molecular weight is 326 g/mol. The topological polar surface area (TPSA) is 42.0 Å². The van der Waals surface area contributed by atoms with Gasteiger partial charge >= 0.3 is 0 Å². The molecule has 1 aromatic heterocycles. The lowest BCUT2D eigenvalue weighted by atomic mass is 10.2. The van der Waals surface area contributed by atoms with Crippen molar-refractivity contribution in [2.24, 2.45) is 0 Å². The Kier molecular flexibility index (Phi) is 4.33. The van der Waals surface area contributed by atoms with Gasteiger partial charge in [0.1, 0.15) is 5.15 Å². The lowest BCUT2D eigenvalue weighted by Gasteiger charge is -2.07. The van der Waals surface area contributed by atoms with Gasteiger partial charge in [-0.3, -0.25) is 4.79 Å². The minimum absolute atomic E-state index is 0.185. The number of rotatable bonds is 3. The molecular weight excluding hydrogens is 316 g/mol. The van der Waals surface area contributed by atoms with Crippen molar-refractivity contribution in [1.82, 2.24) is 10.3 Å². The van der Waals surface area contributed by atoms with Gasteiger partial charge in [-0.05, 0) is 27.6 Å². The molecule has 0 saturated heterocycles. The molecule has 1 heterocycles. The van der Waals surface area contributed by atoms with Crippen LogP contribution in [0.5, 0.6) is 0 Å².